The van der Waals surface area contributed by atoms with Crippen molar-refractivity contribution in [2.75, 3.05) is 17.7 Å². The van der Waals surface area contributed by atoms with Crippen molar-refractivity contribution in [2.45, 2.75) is 31.8 Å². The Hall–Kier alpha value is -3.93. The Morgan fingerprint density at radius 3 is 2.63 bits per heavy atom. The van der Waals surface area contributed by atoms with Crippen LogP contribution in [0.3, 0.4) is 0 Å². The van der Waals surface area contributed by atoms with E-state index >= 15 is 0 Å². The first-order valence-corrected chi connectivity index (χ1v) is 11.0. The first kappa shape index (κ1) is 24.2. The topological polar surface area (TPSA) is 149 Å². The summed E-state index contributed by atoms with van der Waals surface area (Å²) in [5, 5.41) is 21.8. The second-order valence-corrected chi connectivity index (χ2v) is 8.16. The van der Waals surface area contributed by atoms with Crippen molar-refractivity contribution in [1.82, 2.24) is 15.2 Å². The molecule has 35 heavy (non-hydrogen) atoms. The number of carboxylic acid groups (broad SMARTS) is 1. The Morgan fingerprint density at radius 1 is 1.17 bits per heavy atom. The van der Waals surface area contributed by atoms with Crippen molar-refractivity contribution < 1.29 is 33.0 Å². The number of anilines is 3. The van der Waals surface area contributed by atoms with Gasteiger partial charge in [0, 0.05) is 11.8 Å². The van der Waals surface area contributed by atoms with Crippen LogP contribution < -0.4 is 20.1 Å². The van der Waals surface area contributed by atoms with Crippen molar-refractivity contribution in [3.05, 3.63) is 47.1 Å². The number of nitrogens with one attached hydrogen (secondary N) is 2. The van der Waals surface area contributed by atoms with E-state index < -0.39 is 17.7 Å². The zero-order valence-corrected chi connectivity index (χ0v) is 19.2. The number of carboxylic acids is 1. The van der Waals surface area contributed by atoms with Gasteiger partial charge in [0.25, 0.3) is 0 Å². The molecule has 0 atom stereocenters. The standard InChI is InChI=1S/C22H21ClFN5O6/c1-33-19-16(8-9-17(27-19)34-13-5-2-11(3-6-13)21(31)32)26-18(30)20-28-29-22(35-20)25-12-4-7-15(24)14(23)10-12/h4,7-11,13H,2-3,5-6H2,1H3,(H,25,29)(H,26,30)(H,31,32)/t11-,13+. The van der Waals surface area contributed by atoms with Gasteiger partial charge in [0.05, 0.1) is 18.1 Å². The smallest absolute Gasteiger partial charge is 0.320 e. The average Bonchev–Trinajstić information content (AvgIpc) is 3.31. The summed E-state index contributed by atoms with van der Waals surface area (Å²) in [7, 11) is 1.39. The van der Waals surface area contributed by atoms with Gasteiger partial charge in [-0.05, 0) is 49.9 Å². The van der Waals surface area contributed by atoms with Gasteiger partial charge in [-0.25, -0.2) is 4.39 Å². The minimum Gasteiger partial charge on any atom is -0.481 e. The minimum absolute atomic E-state index is 0.0903. The molecule has 1 saturated carbocycles. The number of methoxy groups -OCH3 is 1. The molecule has 1 aromatic carbocycles. The summed E-state index contributed by atoms with van der Waals surface area (Å²) in [6.45, 7) is 0. The van der Waals surface area contributed by atoms with Crippen molar-refractivity contribution in [1.29, 1.82) is 0 Å². The van der Waals surface area contributed by atoms with Crippen LogP contribution in [0.4, 0.5) is 21.8 Å². The average molecular weight is 506 g/mol. The Labute approximate surface area is 203 Å². The molecule has 0 unspecified atom stereocenters. The molecule has 1 aliphatic rings. The van der Waals surface area contributed by atoms with Crippen LogP contribution >= 0.6 is 11.6 Å². The van der Waals surface area contributed by atoms with E-state index in [1.165, 1.54) is 25.3 Å². The normalized spacial score (nSPS) is 17.5. The first-order chi connectivity index (χ1) is 16.8. The lowest BCUT2D eigenvalue weighted by atomic mass is 9.87. The largest absolute Gasteiger partial charge is 0.481 e. The molecule has 2 aromatic heterocycles. The van der Waals surface area contributed by atoms with Gasteiger partial charge in [-0.3, -0.25) is 9.59 Å². The van der Waals surface area contributed by atoms with Crippen LogP contribution in [0, 0.1) is 11.7 Å². The molecule has 184 valence electrons. The second-order valence-electron chi connectivity index (χ2n) is 7.76. The highest BCUT2D eigenvalue weighted by Crippen LogP contribution is 2.30. The molecule has 1 aliphatic carbocycles. The van der Waals surface area contributed by atoms with Crippen LogP contribution in [0.2, 0.25) is 5.02 Å². The number of hydrogen-bond acceptors (Lipinski definition) is 9. The molecule has 0 bridgehead atoms. The molecule has 13 heteroatoms. The molecule has 0 spiro atoms. The summed E-state index contributed by atoms with van der Waals surface area (Å²) in [5.74, 6) is -2.35. The number of aromatic nitrogens is 3. The number of carbonyl (C=O) groups excluding carboxylic acids is 1. The van der Waals surface area contributed by atoms with Crippen LogP contribution in [0.25, 0.3) is 0 Å². The molecular formula is C22H21ClFN5O6. The highest BCUT2D eigenvalue weighted by molar-refractivity contribution is 6.31. The molecule has 0 radical (unpaired) electrons. The van der Waals surface area contributed by atoms with E-state index in [1.54, 1.807) is 12.1 Å². The molecule has 2 heterocycles. The van der Waals surface area contributed by atoms with Crippen molar-refractivity contribution in [3.8, 4) is 11.8 Å². The Balaban J connectivity index is 1.37. The fourth-order valence-corrected chi connectivity index (χ4v) is 3.76. The minimum atomic E-state index is -0.785. The van der Waals surface area contributed by atoms with Gasteiger partial charge in [0.1, 0.15) is 17.6 Å². The third kappa shape index (κ3) is 5.96. The van der Waals surface area contributed by atoms with Crippen LogP contribution in [0.1, 0.15) is 36.4 Å². The van der Waals surface area contributed by atoms with Gasteiger partial charge < -0.3 is 29.6 Å². The zero-order chi connectivity index (χ0) is 24.9. The van der Waals surface area contributed by atoms with Crippen LogP contribution in [-0.2, 0) is 4.79 Å². The fraction of sp³-hybridized carbons (Fsp3) is 0.318. The summed E-state index contributed by atoms with van der Waals surface area (Å²) in [6, 6.07) is 6.95. The Kier molecular flexibility index (Phi) is 7.30. The van der Waals surface area contributed by atoms with Gasteiger partial charge in [-0.1, -0.05) is 16.7 Å². The Bertz CT molecular complexity index is 1230. The van der Waals surface area contributed by atoms with Crippen molar-refractivity contribution in [3.63, 3.8) is 0 Å². The van der Waals surface area contributed by atoms with E-state index in [1.807, 2.05) is 0 Å². The van der Waals surface area contributed by atoms with E-state index in [-0.39, 0.29) is 40.5 Å². The van der Waals surface area contributed by atoms with E-state index in [9.17, 15) is 14.0 Å². The zero-order valence-electron chi connectivity index (χ0n) is 18.5. The highest BCUT2D eigenvalue weighted by Gasteiger charge is 2.27. The molecule has 1 amide bonds. The number of benzene rings is 1. The summed E-state index contributed by atoms with van der Waals surface area (Å²) >= 11 is 5.74. The number of nitrogens with zero attached hydrogens (tertiary/aromatic N) is 3. The highest BCUT2D eigenvalue weighted by atomic mass is 35.5. The molecule has 3 aromatic rings. The number of ether oxygens (including phenoxy) is 2. The molecule has 3 N–H and O–H groups in total. The third-order valence-corrected chi connectivity index (χ3v) is 5.67. The van der Waals surface area contributed by atoms with Crippen molar-refractivity contribution in [2.24, 2.45) is 5.92 Å². The molecule has 4 rings (SSSR count). The molecule has 0 aliphatic heterocycles. The maximum absolute atomic E-state index is 13.3. The molecular weight excluding hydrogens is 485 g/mol. The quantitative estimate of drug-likeness (QED) is 0.404. The van der Waals surface area contributed by atoms with Gasteiger partial charge in [-0.15, -0.1) is 5.10 Å². The lowest BCUT2D eigenvalue weighted by Crippen LogP contribution is -2.28. The van der Waals surface area contributed by atoms with Crippen molar-refractivity contribution >= 4 is 40.9 Å². The number of hydrogen-bond donors (Lipinski definition) is 3. The number of carbonyl (C=O) groups is 2. The van der Waals surface area contributed by atoms with Gasteiger partial charge >= 0.3 is 23.8 Å². The maximum atomic E-state index is 13.3. The third-order valence-electron chi connectivity index (χ3n) is 5.38. The van der Waals surface area contributed by atoms with Gasteiger partial charge in [0.15, 0.2) is 0 Å². The first-order valence-electron chi connectivity index (χ1n) is 10.6. The maximum Gasteiger partial charge on any atom is 0.320 e. The fourth-order valence-electron chi connectivity index (χ4n) is 3.58. The van der Waals surface area contributed by atoms with Crippen LogP contribution in [0.15, 0.2) is 34.7 Å². The van der Waals surface area contributed by atoms with E-state index in [0.29, 0.717) is 37.3 Å². The summed E-state index contributed by atoms with van der Waals surface area (Å²) < 4.78 is 29.7. The van der Waals surface area contributed by atoms with E-state index in [0.717, 1.165) is 0 Å². The van der Waals surface area contributed by atoms with Crippen LogP contribution in [0.5, 0.6) is 11.8 Å². The molecule has 0 saturated heterocycles. The van der Waals surface area contributed by atoms with Crippen LogP contribution in [-0.4, -0.2) is 45.4 Å². The number of halogens is 2. The summed E-state index contributed by atoms with van der Waals surface area (Å²) in [5.41, 5.74) is 0.641. The summed E-state index contributed by atoms with van der Waals surface area (Å²) in [4.78, 5) is 27.9. The van der Waals surface area contributed by atoms with E-state index in [4.69, 9.17) is 30.6 Å². The molecule has 1 fully saturated rings. The van der Waals surface area contributed by atoms with E-state index in [2.05, 4.69) is 25.8 Å². The Morgan fingerprint density at radius 2 is 1.94 bits per heavy atom. The SMILES string of the molecule is COc1nc(O[C@H]2CC[C@@H](C(=O)O)CC2)ccc1NC(=O)c1nnc(Nc2ccc(F)c(Cl)c2)o1. The molecule has 11 nitrogen and oxygen atoms in total. The predicted octanol–water partition coefficient (Wildman–Crippen LogP) is 4.28. The van der Waals surface area contributed by atoms with Gasteiger partial charge in [-0.2, -0.15) is 4.98 Å². The monoisotopic (exact) mass is 505 g/mol. The number of aliphatic carboxylic acids is 1. The number of amides is 1. The lowest BCUT2D eigenvalue weighted by molar-refractivity contribution is -0.143. The van der Waals surface area contributed by atoms with Gasteiger partial charge in [0.2, 0.25) is 11.8 Å². The predicted molar refractivity (Wildman–Crippen MR) is 122 cm³/mol. The second kappa shape index (κ2) is 10.6. The number of rotatable bonds is 8. The lowest BCUT2D eigenvalue weighted by Gasteiger charge is -2.26. The summed E-state index contributed by atoms with van der Waals surface area (Å²) in [6.07, 6.45) is 2.15. The number of pyridine rings is 1.